The number of hydrogen-bond donors (Lipinski definition) is 2. The number of allylic oxidation sites excluding steroid dienone is 12. The Hall–Kier alpha value is -6.48. The van der Waals surface area contributed by atoms with Gasteiger partial charge in [0.2, 0.25) is 0 Å². The van der Waals surface area contributed by atoms with Crippen LogP contribution in [0, 0.1) is 19.9 Å². The summed E-state index contributed by atoms with van der Waals surface area (Å²) in [4.78, 5) is 0. The number of halogens is 3. The summed E-state index contributed by atoms with van der Waals surface area (Å²) in [6.07, 6.45) is 6.78. The van der Waals surface area contributed by atoms with E-state index in [-0.39, 0.29) is 20.1 Å². The Balaban J connectivity index is 0.000000350. The number of aromatic nitrogens is 2. The van der Waals surface area contributed by atoms with Gasteiger partial charge < -0.3 is 11.7 Å². The van der Waals surface area contributed by atoms with Gasteiger partial charge in [0, 0.05) is 16.6 Å². The molecule has 304 valence electrons. The van der Waals surface area contributed by atoms with Crippen LogP contribution in [0.15, 0.2) is 191 Å². The molecule has 0 atom stereocenters. The van der Waals surface area contributed by atoms with Crippen LogP contribution in [0.2, 0.25) is 0 Å². The fourth-order valence-corrected chi connectivity index (χ4v) is 5.87. The SMILES string of the molecule is C=C/C=C(C)/C=C(C)/C(=N\N)C(=C)[CH2-].C=C/C=C(C)/C=C(C)/C(=N\N)C(=C)[CH2-].FC(F)(F)c1cccc(-c2nnc(-c3[c-]cccc3)c3cc4ccccc4cc23)c1.[Ir+3]. The van der Waals surface area contributed by atoms with Gasteiger partial charge in [-0.05, 0) is 73.5 Å². The summed E-state index contributed by atoms with van der Waals surface area (Å²) in [5.41, 5.74) is 8.09. The summed E-state index contributed by atoms with van der Waals surface area (Å²) in [5, 5.41) is 19.6. The van der Waals surface area contributed by atoms with Crippen LogP contribution in [0.1, 0.15) is 33.3 Å². The van der Waals surface area contributed by atoms with E-state index in [1.807, 2.05) is 107 Å². The van der Waals surface area contributed by atoms with E-state index in [4.69, 9.17) is 11.7 Å². The second kappa shape index (κ2) is 23.1. The molecule has 4 N–H and O–H groups in total. The smallest absolute Gasteiger partial charge is 0.335 e. The number of nitrogens with two attached hydrogens (primary N) is 2. The van der Waals surface area contributed by atoms with E-state index in [1.165, 1.54) is 6.07 Å². The van der Waals surface area contributed by atoms with Crippen LogP contribution in [0.25, 0.3) is 44.1 Å². The number of hydrogen-bond acceptors (Lipinski definition) is 6. The second-order valence-electron chi connectivity index (χ2n) is 13.1. The number of rotatable bonds is 10. The molecule has 1 heterocycles. The Labute approximate surface area is 359 Å². The predicted molar refractivity (Wildman–Crippen MR) is 239 cm³/mol. The van der Waals surface area contributed by atoms with Crippen molar-refractivity contribution < 1.29 is 33.3 Å². The molecule has 0 spiro atoms. The van der Waals surface area contributed by atoms with Gasteiger partial charge in [-0.25, -0.2) is 10.2 Å². The number of nitrogens with zero attached hydrogens (tertiary/aromatic N) is 4. The van der Waals surface area contributed by atoms with Gasteiger partial charge in [0.15, 0.2) is 0 Å². The van der Waals surface area contributed by atoms with Gasteiger partial charge >= 0.3 is 26.3 Å². The zero-order valence-corrected chi connectivity index (χ0v) is 36.1. The molecule has 0 unspecified atom stereocenters. The molecule has 0 aliphatic heterocycles. The van der Waals surface area contributed by atoms with Gasteiger partial charge in [-0.3, -0.25) is 0 Å². The molecule has 0 radical (unpaired) electrons. The third-order valence-corrected chi connectivity index (χ3v) is 8.40. The fourth-order valence-electron chi connectivity index (χ4n) is 5.87. The first kappa shape index (κ1) is 48.7. The normalized spacial score (nSPS) is 12.7. The van der Waals surface area contributed by atoms with Gasteiger partial charge in [0.05, 0.1) is 11.3 Å². The molecule has 4 aromatic carbocycles. The maximum atomic E-state index is 13.3. The van der Waals surface area contributed by atoms with Crippen molar-refractivity contribution in [3.63, 3.8) is 0 Å². The summed E-state index contributed by atoms with van der Waals surface area (Å²) in [7, 11) is 0. The van der Waals surface area contributed by atoms with Crippen LogP contribution in [-0.4, -0.2) is 21.6 Å². The standard InChI is InChI=1S/C25H14F3N2.2C12H17N2.Ir/c26-25(27,28)20-12-6-11-19(13-20)24-22-15-18-10-5-4-9-17(18)14-21(22)23(29-30-24)16-7-2-1-3-8-16;2*1-6-7-10(4)8-11(5)12(14-13)9(2)3;/h1-7,9-15H;2*6-8H,1-3,13H2,4-5H3;/q3*-1;+3/b;2*10-7+,11-8+,14-12-;. The minimum atomic E-state index is -4.43. The van der Waals surface area contributed by atoms with Crippen molar-refractivity contribution in [2.24, 2.45) is 21.9 Å². The third kappa shape index (κ3) is 13.8. The molecule has 5 aromatic rings. The predicted octanol–water partition coefficient (Wildman–Crippen LogP) is 12.5. The quantitative estimate of drug-likeness (QED) is 0.0363. The molecule has 0 saturated carbocycles. The van der Waals surface area contributed by atoms with Gasteiger partial charge in [0.25, 0.3) is 0 Å². The van der Waals surface area contributed by atoms with Crippen LogP contribution in [0.3, 0.4) is 0 Å². The molecule has 6 nitrogen and oxygen atoms in total. The van der Waals surface area contributed by atoms with Crippen LogP contribution in [0.5, 0.6) is 0 Å². The van der Waals surface area contributed by atoms with Crippen molar-refractivity contribution in [3.05, 3.63) is 207 Å². The Bertz CT molecular complexity index is 2420. The average molecular weight is 970 g/mol. The fraction of sp³-hybridized carbons (Fsp3) is 0.102. The van der Waals surface area contributed by atoms with Crippen molar-refractivity contribution in [1.29, 1.82) is 0 Å². The van der Waals surface area contributed by atoms with Gasteiger partial charge in [-0.15, -0.1) is 35.9 Å². The zero-order chi connectivity index (χ0) is 43.0. The molecular weight excluding hydrogens is 922 g/mol. The van der Waals surface area contributed by atoms with E-state index in [0.29, 0.717) is 39.5 Å². The first-order valence-electron chi connectivity index (χ1n) is 17.9. The first-order chi connectivity index (χ1) is 27.6. The first-order valence-corrected chi connectivity index (χ1v) is 17.9. The van der Waals surface area contributed by atoms with E-state index < -0.39 is 11.7 Å². The molecular formula is C49H48F3IrN6. The minimum absolute atomic E-state index is 0. The van der Waals surface area contributed by atoms with Crippen LogP contribution < -0.4 is 11.7 Å². The Kier molecular flexibility index (Phi) is 19.0. The Morgan fingerprint density at radius 1 is 0.695 bits per heavy atom. The maximum Gasteiger partial charge on any atom is 3.00 e. The van der Waals surface area contributed by atoms with Gasteiger partial charge in [-0.2, -0.15) is 61.5 Å². The second-order valence-corrected chi connectivity index (χ2v) is 13.1. The summed E-state index contributed by atoms with van der Waals surface area (Å²) >= 11 is 0. The molecule has 59 heavy (non-hydrogen) atoms. The van der Waals surface area contributed by atoms with Crippen molar-refractivity contribution >= 4 is 33.0 Å². The molecule has 0 aliphatic rings. The molecule has 1 aromatic heterocycles. The molecule has 5 rings (SSSR count). The molecule has 0 saturated heterocycles. The summed E-state index contributed by atoms with van der Waals surface area (Å²) in [6, 6.07) is 27.6. The van der Waals surface area contributed by atoms with E-state index in [0.717, 1.165) is 61.5 Å². The van der Waals surface area contributed by atoms with E-state index >= 15 is 0 Å². The molecule has 0 bridgehead atoms. The van der Waals surface area contributed by atoms with E-state index in [2.05, 4.69) is 66.6 Å². The molecule has 0 aliphatic carbocycles. The number of benzene rings is 4. The van der Waals surface area contributed by atoms with Crippen molar-refractivity contribution in [2.75, 3.05) is 0 Å². The minimum Gasteiger partial charge on any atom is -0.335 e. The van der Waals surface area contributed by atoms with Crippen molar-refractivity contribution in [1.82, 2.24) is 10.2 Å². The molecule has 0 amide bonds. The third-order valence-electron chi connectivity index (χ3n) is 8.40. The average Bonchev–Trinajstić information content (AvgIpc) is 3.17. The van der Waals surface area contributed by atoms with Crippen molar-refractivity contribution in [2.45, 2.75) is 33.9 Å². The van der Waals surface area contributed by atoms with E-state index in [9.17, 15) is 13.2 Å². The zero-order valence-electron chi connectivity index (χ0n) is 33.7. The topological polar surface area (TPSA) is 103 Å². The monoisotopic (exact) mass is 970 g/mol. The van der Waals surface area contributed by atoms with E-state index in [1.54, 1.807) is 24.3 Å². The largest absolute Gasteiger partial charge is 3.00 e. The maximum absolute atomic E-state index is 13.3. The Morgan fingerprint density at radius 2 is 1.17 bits per heavy atom. The van der Waals surface area contributed by atoms with Crippen molar-refractivity contribution in [3.8, 4) is 22.5 Å². The number of alkyl halides is 3. The number of fused-ring (bicyclic) bond motifs is 2. The Morgan fingerprint density at radius 3 is 1.59 bits per heavy atom. The van der Waals surface area contributed by atoms with Crippen LogP contribution >= 0.6 is 0 Å². The van der Waals surface area contributed by atoms with Crippen LogP contribution in [0.4, 0.5) is 13.2 Å². The summed E-state index contributed by atoms with van der Waals surface area (Å²) in [6.45, 7) is 29.8. The molecule has 10 heteroatoms. The van der Waals surface area contributed by atoms with Gasteiger partial charge in [0.1, 0.15) is 0 Å². The number of hydrazone groups is 2. The summed E-state index contributed by atoms with van der Waals surface area (Å²) in [5.74, 6) is 10.5. The van der Waals surface area contributed by atoms with Gasteiger partial charge in [-0.1, -0.05) is 114 Å². The summed E-state index contributed by atoms with van der Waals surface area (Å²) < 4.78 is 39.8. The molecule has 0 fully saturated rings. The van der Waals surface area contributed by atoms with Crippen LogP contribution in [-0.2, 0) is 26.3 Å².